The van der Waals surface area contributed by atoms with Gasteiger partial charge in [-0.1, -0.05) is 0 Å². The minimum Gasteiger partial charge on any atom is -0.272 e. The molecule has 8 nitrogen and oxygen atoms in total. The molecule has 0 spiro atoms. The molecule has 0 amide bonds. The highest BCUT2D eigenvalue weighted by molar-refractivity contribution is 5.66. The number of rotatable bonds is 4. The molecule has 16 heavy (non-hydrogen) atoms. The molecule has 84 valence electrons. The minimum atomic E-state index is -1.04. The first kappa shape index (κ1) is 7.74. The zero-order valence-corrected chi connectivity index (χ0v) is 8.08. The highest BCUT2D eigenvalue weighted by atomic mass is 16.6. The standard InChI is InChI=1S/C8H8N4O4/c1-2-9-10-7-4-3-6(11(13)14)5-8(7)12(15)16/h2-5,10H,1H3/b9-2+/i3D,5D/hD. The van der Waals surface area contributed by atoms with Crippen LogP contribution in [-0.2, 0) is 0 Å². The summed E-state index contributed by atoms with van der Waals surface area (Å²) in [4.78, 5) is 19.5. The Kier molecular flexibility index (Phi) is 2.33. The van der Waals surface area contributed by atoms with Gasteiger partial charge in [0.1, 0.15) is 5.69 Å². The first-order valence-electron chi connectivity index (χ1n) is 5.46. The van der Waals surface area contributed by atoms with E-state index in [1.165, 1.54) is 13.1 Å². The van der Waals surface area contributed by atoms with Gasteiger partial charge in [0.05, 0.1) is 18.6 Å². The van der Waals surface area contributed by atoms with Gasteiger partial charge in [-0.05, 0) is 13.0 Å². The third kappa shape index (κ3) is 2.50. The van der Waals surface area contributed by atoms with Crippen molar-refractivity contribution in [3.8, 4) is 0 Å². The lowest BCUT2D eigenvalue weighted by atomic mass is 10.2. The first-order valence-corrected chi connectivity index (χ1v) is 4.01. The predicted molar refractivity (Wildman–Crippen MR) is 57.5 cm³/mol. The Morgan fingerprint density at radius 3 is 2.75 bits per heavy atom. The number of hydrogen-bond acceptors (Lipinski definition) is 6. The summed E-state index contributed by atoms with van der Waals surface area (Å²) in [5.41, 5.74) is -2.07. The van der Waals surface area contributed by atoms with Gasteiger partial charge in [-0.25, -0.2) is 0 Å². The smallest absolute Gasteiger partial charge is 0.272 e. The van der Waals surface area contributed by atoms with Gasteiger partial charge in [-0.15, -0.1) is 0 Å². The second kappa shape index (κ2) is 4.82. The fourth-order valence-corrected chi connectivity index (χ4v) is 0.851. The fraction of sp³-hybridized carbons (Fsp3) is 0.125. The molecule has 0 saturated carbocycles. The molecular formula is C8H8N4O4. The van der Waals surface area contributed by atoms with Crippen LogP contribution in [0, 0.1) is 20.2 Å². The van der Waals surface area contributed by atoms with Crippen LogP contribution in [0.25, 0.3) is 0 Å². The summed E-state index contributed by atoms with van der Waals surface area (Å²) in [6.45, 7) is 1.46. The quantitative estimate of drug-likeness (QED) is 0.479. The van der Waals surface area contributed by atoms with Crippen molar-refractivity contribution in [2.45, 2.75) is 6.92 Å². The normalized spacial score (nSPS) is 12.9. The first-order chi connectivity index (χ1) is 8.81. The Morgan fingerprint density at radius 2 is 2.25 bits per heavy atom. The van der Waals surface area contributed by atoms with Gasteiger partial charge < -0.3 is 0 Å². The van der Waals surface area contributed by atoms with Crippen molar-refractivity contribution >= 4 is 23.3 Å². The van der Waals surface area contributed by atoms with Crippen LogP contribution in [0.1, 0.15) is 9.67 Å². The van der Waals surface area contributed by atoms with Crippen LogP contribution < -0.4 is 5.42 Å². The molecule has 1 aromatic rings. The average molecular weight is 227 g/mol. The summed E-state index contributed by atoms with van der Waals surface area (Å²) in [7, 11) is 0. The molecule has 0 heterocycles. The number of nitrogens with one attached hydrogen (secondary N) is 1. The van der Waals surface area contributed by atoms with E-state index in [1.54, 1.807) is 0 Å². The summed E-state index contributed by atoms with van der Waals surface area (Å²) < 4.78 is 22.3. The zero-order valence-electron chi connectivity index (χ0n) is 11.1. The van der Waals surface area contributed by atoms with Gasteiger partial charge in [0, 0.05) is 12.3 Å². The lowest BCUT2D eigenvalue weighted by Crippen LogP contribution is -1.98. The molecule has 0 unspecified atom stereocenters. The van der Waals surface area contributed by atoms with E-state index in [0.29, 0.717) is 5.42 Å². The molecule has 0 atom stereocenters. The molecular weight excluding hydrogens is 216 g/mol. The molecule has 0 aliphatic carbocycles. The number of anilines is 1. The van der Waals surface area contributed by atoms with Crippen LogP contribution in [0.5, 0.6) is 0 Å². The van der Waals surface area contributed by atoms with E-state index in [2.05, 4.69) is 5.10 Å². The second-order valence-electron chi connectivity index (χ2n) is 2.48. The maximum absolute atomic E-state index is 10.9. The Bertz CT molecular complexity index is 578. The van der Waals surface area contributed by atoms with Crippen LogP contribution in [0.2, 0.25) is 1.41 Å². The molecule has 1 N–H and O–H groups in total. The number of nitrogens with zero attached hydrogens (tertiary/aromatic N) is 3. The summed E-state index contributed by atoms with van der Waals surface area (Å²) >= 11 is 0. The third-order valence-corrected chi connectivity index (χ3v) is 1.47. The van der Waals surface area contributed by atoms with E-state index in [0.717, 1.165) is 6.07 Å². The van der Waals surface area contributed by atoms with Crippen LogP contribution in [0.4, 0.5) is 17.1 Å². The number of nitro groups is 2. The maximum Gasteiger partial charge on any atom is 0.301 e. The van der Waals surface area contributed by atoms with Gasteiger partial charge in [-0.3, -0.25) is 25.6 Å². The third-order valence-electron chi connectivity index (χ3n) is 1.47. The lowest BCUT2D eigenvalue weighted by Gasteiger charge is -2.01. The van der Waals surface area contributed by atoms with Crippen molar-refractivity contribution < 1.29 is 14.0 Å². The van der Waals surface area contributed by atoms with Gasteiger partial charge in [0.15, 0.2) is 1.41 Å². The highest BCUT2D eigenvalue weighted by Gasteiger charge is 2.18. The Morgan fingerprint density at radius 1 is 1.56 bits per heavy atom. The van der Waals surface area contributed by atoms with Crippen molar-refractivity contribution in [3.63, 3.8) is 0 Å². The number of benzene rings is 1. The summed E-state index contributed by atoms with van der Waals surface area (Å²) in [5, 5.41) is 25.0. The Balaban J connectivity index is 3.66. The molecule has 0 saturated heterocycles. The van der Waals surface area contributed by atoms with E-state index >= 15 is 0 Å². The van der Waals surface area contributed by atoms with E-state index in [-0.39, 0.29) is 0 Å². The van der Waals surface area contributed by atoms with E-state index < -0.39 is 39.0 Å². The van der Waals surface area contributed by atoms with Crippen molar-refractivity contribution in [1.82, 2.24) is 0 Å². The van der Waals surface area contributed by atoms with Crippen molar-refractivity contribution in [3.05, 3.63) is 38.4 Å². The molecule has 1 rings (SSSR count). The molecule has 1 aromatic carbocycles. The monoisotopic (exact) mass is 227 g/mol. The van der Waals surface area contributed by atoms with E-state index in [1.807, 2.05) is 0 Å². The Hall–Kier alpha value is -2.51. The summed E-state index contributed by atoms with van der Waals surface area (Å²) in [5.74, 6) is 0. The molecule has 0 radical (unpaired) electrons. The summed E-state index contributed by atoms with van der Waals surface area (Å²) in [6.07, 6.45) is 1.17. The largest absolute Gasteiger partial charge is 0.301 e. The van der Waals surface area contributed by atoms with E-state index in [4.69, 9.17) is 4.15 Å². The number of hydrogen-bond donors (Lipinski definition) is 1. The maximum atomic E-state index is 10.9. The van der Waals surface area contributed by atoms with Crippen LogP contribution >= 0.6 is 0 Å². The molecule has 0 fully saturated rings. The SMILES string of the molecule is [2H]c1cc(N([2H])/N=C/C)c([N+](=O)[O-])c([2H])c1[N+](=O)[O-]. The molecule has 0 aliphatic rings. The van der Waals surface area contributed by atoms with Gasteiger partial charge in [0.2, 0.25) is 0 Å². The zero-order chi connectivity index (χ0) is 14.7. The number of nitro benzene ring substituents is 2. The molecule has 0 bridgehead atoms. The van der Waals surface area contributed by atoms with Gasteiger partial charge in [-0.2, -0.15) is 5.10 Å². The van der Waals surface area contributed by atoms with E-state index in [9.17, 15) is 20.2 Å². The number of hydrazone groups is 1. The Labute approximate surface area is 94.2 Å². The highest BCUT2D eigenvalue weighted by Crippen LogP contribution is 2.28. The molecule has 0 aliphatic heterocycles. The van der Waals surface area contributed by atoms with Crippen molar-refractivity contribution in [2.24, 2.45) is 5.10 Å². The van der Waals surface area contributed by atoms with Crippen molar-refractivity contribution in [2.75, 3.05) is 5.42 Å². The van der Waals surface area contributed by atoms with Crippen molar-refractivity contribution in [1.29, 1.82) is 0 Å². The van der Waals surface area contributed by atoms with Crippen LogP contribution in [-0.4, -0.2) is 16.1 Å². The average Bonchev–Trinajstić information content (AvgIpc) is 2.27. The van der Waals surface area contributed by atoms with Gasteiger partial charge >= 0.3 is 5.69 Å². The molecule has 8 heteroatoms. The topological polar surface area (TPSA) is 111 Å². The fourth-order valence-electron chi connectivity index (χ4n) is 0.851. The van der Waals surface area contributed by atoms with Gasteiger partial charge in [0.25, 0.3) is 5.69 Å². The lowest BCUT2D eigenvalue weighted by molar-refractivity contribution is -0.393. The predicted octanol–water partition coefficient (Wildman–Crippen LogP) is 1.92. The van der Waals surface area contributed by atoms with Crippen LogP contribution in [0.3, 0.4) is 0 Å². The molecule has 0 aromatic heterocycles. The van der Waals surface area contributed by atoms with Crippen LogP contribution in [0.15, 0.2) is 23.3 Å². The summed E-state index contributed by atoms with van der Waals surface area (Å²) in [6, 6.07) is -0.964. The second-order valence-corrected chi connectivity index (χ2v) is 2.48. The minimum absolute atomic E-state index is 0.331.